The van der Waals surface area contributed by atoms with Crippen LogP contribution in [-0.4, -0.2) is 47.3 Å². The number of nitrogens with zero attached hydrogens (tertiary/aromatic N) is 7. The Bertz CT molecular complexity index is 1300. The number of aromatic nitrogens is 7. The predicted octanol–water partition coefficient (Wildman–Crippen LogP) is 3.62. The van der Waals surface area contributed by atoms with Crippen LogP contribution in [0.25, 0.3) is 38.9 Å². The van der Waals surface area contributed by atoms with E-state index in [4.69, 9.17) is 14.7 Å². The summed E-state index contributed by atoms with van der Waals surface area (Å²) >= 11 is 1.59. The summed E-state index contributed by atoms with van der Waals surface area (Å²) in [5.74, 6) is 1.51. The molecule has 1 aliphatic heterocycles. The third-order valence-electron chi connectivity index (χ3n) is 5.28. The van der Waals surface area contributed by atoms with Gasteiger partial charge in [-0.2, -0.15) is 5.10 Å². The summed E-state index contributed by atoms with van der Waals surface area (Å²) < 4.78 is 9.64. The summed E-state index contributed by atoms with van der Waals surface area (Å²) in [7, 11) is 0. The van der Waals surface area contributed by atoms with Crippen molar-refractivity contribution in [2.45, 2.75) is 18.9 Å². The maximum Gasteiger partial charge on any atom is 0.171 e. The molecule has 5 aromatic heterocycles. The van der Waals surface area contributed by atoms with Gasteiger partial charge in [0.1, 0.15) is 5.52 Å². The first-order chi connectivity index (χ1) is 14.4. The highest BCUT2D eigenvalue weighted by atomic mass is 32.1. The molecular weight excluding hydrogens is 386 g/mol. The molecule has 9 heteroatoms. The van der Waals surface area contributed by atoms with Crippen LogP contribution in [0.1, 0.15) is 18.9 Å². The van der Waals surface area contributed by atoms with Gasteiger partial charge in [0.05, 0.1) is 23.5 Å². The summed E-state index contributed by atoms with van der Waals surface area (Å²) in [5.41, 5.74) is 3.50. The molecule has 5 aromatic rings. The van der Waals surface area contributed by atoms with Gasteiger partial charge in [-0.05, 0) is 25.0 Å². The van der Waals surface area contributed by atoms with Crippen molar-refractivity contribution in [2.24, 2.45) is 0 Å². The maximum absolute atomic E-state index is 5.58. The minimum Gasteiger partial charge on any atom is -0.381 e. The van der Waals surface area contributed by atoms with E-state index in [9.17, 15) is 0 Å². The molecule has 0 N–H and O–H groups in total. The van der Waals surface area contributed by atoms with Gasteiger partial charge >= 0.3 is 0 Å². The lowest BCUT2D eigenvalue weighted by Crippen LogP contribution is -2.20. The first-order valence-electron chi connectivity index (χ1n) is 9.54. The van der Waals surface area contributed by atoms with E-state index in [-0.39, 0.29) is 6.04 Å². The second-order valence-electron chi connectivity index (χ2n) is 6.98. The number of hydrogen-bond acceptors (Lipinski definition) is 7. The number of ether oxygens (including phenoxy) is 1. The summed E-state index contributed by atoms with van der Waals surface area (Å²) in [6.07, 6.45) is 9.21. The number of thiazole rings is 1. The molecule has 1 fully saturated rings. The first kappa shape index (κ1) is 16.8. The molecule has 0 spiro atoms. The molecule has 0 unspecified atom stereocenters. The zero-order valence-corrected chi connectivity index (χ0v) is 16.3. The Morgan fingerprint density at radius 1 is 1.07 bits per heavy atom. The van der Waals surface area contributed by atoms with Gasteiger partial charge in [-0.25, -0.2) is 24.5 Å². The highest BCUT2D eigenvalue weighted by molar-refractivity contribution is 7.13. The van der Waals surface area contributed by atoms with Crippen molar-refractivity contribution in [3.05, 3.63) is 48.4 Å². The average Bonchev–Trinajstić information content (AvgIpc) is 3.51. The van der Waals surface area contributed by atoms with Crippen molar-refractivity contribution < 1.29 is 4.74 Å². The fourth-order valence-corrected chi connectivity index (χ4v) is 4.52. The van der Waals surface area contributed by atoms with Gasteiger partial charge in [0.25, 0.3) is 0 Å². The number of pyridine rings is 1. The third kappa shape index (κ3) is 2.73. The smallest absolute Gasteiger partial charge is 0.171 e. The molecule has 6 rings (SSSR count). The molecule has 6 heterocycles. The molecule has 0 radical (unpaired) electrons. The predicted molar refractivity (Wildman–Crippen MR) is 110 cm³/mol. The van der Waals surface area contributed by atoms with E-state index in [0.29, 0.717) is 5.82 Å². The van der Waals surface area contributed by atoms with Crippen molar-refractivity contribution in [3.8, 4) is 22.2 Å². The van der Waals surface area contributed by atoms with Crippen LogP contribution >= 0.6 is 11.3 Å². The van der Waals surface area contributed by atoms with E-state index < -0.39 is 0 Å². The van der Waals surface area contributed by atoms with E-state index >= 15 is 0 Å². The first-order valence-corrected chi connectivity index (χ1v) is 10.4. The van der Waals surface area contributed by atoms with Gasteiger partial charge < -0.3 is 9.30 Å². The second kappa shape index (κ2) is 6.71. The summed E-state index contributed by atoms with van der Waals surface area (Å²) in [4.78, 5) is 18.9. The largest absolute Gasteiger partial charge is 0.381 e. The number of hydrogen-bond donors (Lipinski definition) is 0. The zero-order chi connectivity index (χ0) is 19.2. The molecule has 0 aromatic carbocycles. The molecule has 0 bridgehead atoms. The molecule has 1 saturated heterocycles. The normalized spacial score (nSPS) is 15.4. The topological polar surface area (TPSA) is 83.0 Å². The van der Waals surface area contributed by atoms with Gasteiger partial charge in [0.2, 0.25) is 0 Å². The Kier molecular flexibility index (Phi) is 3.88. The Labute approximate surface area is 169 Å². The Morgan fingerprint density at radius 3 is 2.86 bits per heavy atom. The van der Waals surface area contributed by atoms with Gasteiger partial charge in [-0.3, -0.25) is 0 Å². The monoisotopic (exact) mass is 403 g/mol. The quantitative estimate of drug-likeness (QED) is 0.458. The van der Waals surface area contributed by atoms with E-state index in [2.05, 4.69) is 19.6 Å². The lowest BCUT2D eigenvalue weighted by molar-refractivity contribution is 0.0708. The van der Waals surface area contributed by atoms with E-state index in [1.54, 1.807) is 17.5 Å². The fraction of sp³-hybridized carbons (Fsp3) is 0.250. The fourth-order valence-electron chi connectivity index (χ4n) is 3.90. The molecule has 0 atom stereocenters. The van der Waals surface area contributed by atoms with Crippen LogP contribution in [0.4, 0.5) is 0 Å². The van der Waals surface area contributed by atoms with Gasteiger partial charge in [-0.1, -0.05) is 6.07 Å². The third-order valence-corrected chi connectivity index (χ3v) is 6.05. The minimum absolute atomic E-state index is 0.277. The molecule has 144 valence electrons. The number of fused-ring (bicyclic) bond motifs is 2. The van der Waals surface area contributed by atoms with Crippen LogP contribution in [0.3, 0.4) is 0 Å². The van der Waals surface area contributed by atoms with E-state index in [1.165, 1.54) is 0 Å². The lowest BCUT2D eigenvalue weighted by atomic mass is 10.1. The van der Waals surface area contributed by atoms with Crippen molar-refractivity contribution in [1.82, 2.24) is 34.1 Å². The Morgan fingerprint density at radius 2 is 2.00 bits per heavy atom. The molecule has 0 saturated carbocycles. The molecule has 29 heavy (non-hydrogen) atoms. The number of rotatable bonds is 3. The van der Waals surface area contributed by atoms with Crippen molar-refractivity contribution >= 4 is 28.0 Å². The van der Waals surface area contributed by atoms with Crippen LogP contribution in [-0.2, 0) is 4.74 Å². The van der Waals surface area contributed by atoms with Crippen molar-refractivity contribution in [1.29, 1.82) is 0 Å². The summed E-state index contributed by atoms with van der Waals surface area (Å²) in [6, 6.07) is 6.24. The van der Waals surface area contributed by atoms with Crippen LogP contribution < -0.4 is 0 Å². The highest BCUT2D eigenvalue weighted by Gasteiger charge is 2.25. The van der Waals surface area contributed by atoms with E-state index in [1.807, 2.05) is 46.7 Å². The molecule has 0 aliphatic carbocycles. The minimum atomic E-state index is 0.277. The average molecular weight is 403 g/mol. The SMILES string of the molecule is c1ccn2ncc(-c3ncc4nc(-c5nccs5)n(C5CCOCC5)c4n3)c2c1. The van der Waals surface area contributed by atoms with Crippen LogP contribution in [0.2, 0.25) is 0 Å². The van der Waals surface area contributed by atoms with Crippen LogP contribution in [0.5, 0.6) is 0 Å². The Balaban J connectivity index is 1.57. The zero-order valence-electron chi connectivity index (χ0n) is 15.5. The standard InChI is InChI=1S/C20H17N7OS/c1-2-7-26-16(3-1)14(11-23-26)17-22-12-15-18(25-17)27(13-4-8-28-9-5-13)19(24-15)20-21-6-10-29-20/h1-3,6-7,10-13H,4-5,8-9H2. The van der Waals surface area contributed by atoms with Gasteiger partial charge in [0, 0.05) is 37.0 Å². The Hall–Kier alpha value is -3.17. The number of imidazole rings is 1. The van der Waals surface area contributed by atoms with Crippen molar-refractivity contribution in [2.75, 3.05) is 13.2 Å². The van der Waals surface area contributed by atoms with Gasteiger partial charge in [-0.15, -0.1) is 11.3 Å². The van der Waals surface area contributed by atoms with Crippen LogP contribution in [0.15, 0.2) is 48.4 Å². The molecule has 1 aliphatic rings. The summed E-state index contributed by atoms with van der Waals surface area (Å²) in [6.45, 7) is 1.49. The molecule has 0 amide bonds. The lowest BCUT2D eigenvalue weighted by Gasteiger charge is -2.25. The van der Waals surface area contributed by atoms with E-state index in [0.717, 1.165) is 59.1 Å². The highest BCUT2D eigenvalue weighted by Crippen LogP contribution is 2.33. The van der Waals surface area contributed by atoms with Gasteiger partial charge in [0.15, 0.2) is 22.3 Å². The molecule has 8 nitrogen and oxygen atoms in total. The second-order valence-corrected chi connectivity index (χ2v) is 7.87. The van der Waals surface area contributed by atoms with Crippen molar-refractivity contribution in [3.63, 3.8) is 0 Å². The maximum atomic E-state index is 5.58. The molecular formula is C20H17N7OS. The van der Waals surface area contributed by atoms with Crippen LogP contribution in [0, 0.1) is 0 Å². The summed E-state index contributed by atoms with van der Waals surface area (Å²) in [5, 5.41) is 7.29.